The molecule has 2 nitrogen and oxygen atoms in total. The van der Waals surface area contributed by atoms with Crippen molar-refractivity contribution in [3.63, 3.8) is 0 Å². The maximum absolute atomic E-state index is 8.12. The van der Waals surface area contributed by atoms with E-state index in [1.807, 2.05) is 6.07 Å². The summed E-state index contributed by atoms with van der Waals surface area (Å²) >= 11 is 0. The maximum Gasteiger partial charge on any atom is 0.106 e. The fourth-order valence-corrected chi connectivity index (χ4v) is 0.708. The Kier molecular flexibility index (Phi) is 1.53. The third kappa shape index (κ3) is 1.00. The molecule has 0 N–H and O–H groups in total. The van der Waals surface area contributed by atoms with Gasteiger partial charge in [0.05, 0.1) is 18.8 Å². The fraction of sp³-hybridized carbons (Fsp3) is 0.500. The highest BCUT2D eigenvalue weighted by Crippen LogP contribution is 2.14. The lowest BCUT2D eigenvalue weighted by molar-refractivity contribution is 0.263. The van der Waals surface area contributed by atoms with Crippen molar-refractivity contribution >= 4 is 0 Å². The van der Waals surface area contributed by atoms with Crippen molar-refractivity contribution < 1.29 is 4.74 Å². The van der Waals surface area contributed by atoms with E-state index in [4.69, 9.17) is 10.00 Å². The van der Waals surface area contributed by atoms with E-state index >= 15 is 0 Å². The van der Waals surface area contributed by atoms with Gasteiger partial charge in [-0.15, -0.1) is 0 Å². The molecular weight excluding hydrogens is 102 g/mol. The topological polar surface area (TPSA) is 33.0 Å². The van der Waals surface area contributed by atoms with Crippen molar-refractivity contribution in [2.75, 3.05) is 6.61 Å². The van der Waals surface area contributed by atoms with Gasteiger partial charge in [0.25, 0.3) is 0 Å². The average molecular weight is 109 g/mol. The van der Waals surface area contributed by atoms with Crippen LogP contribution < -0.4 is 0 Å². The zero-order chi connectivity index (χ0) is 5.82. The molecule has 1 heterocycles. The quantitative estimate of drug-likeness (QED) is 0.438. The molecule has 0 amide bonds. The van der Waals surface area contributed by atoms with E-state index in [0.717, 1.165) is 25.2 Å². The molecule has 1 aliphatic heterocycles. The SMILES string of the molecule is N#C/C=C1\CCCO1. The van der Waals surface area contributed by atoms with E-state index in [1.54, 1.807) is 0 Å². The van der Waals surface area contributed by atoms with Crippen LogP contribution in [0.3, 0.4) is 0 Å². The van der Waals surface area contributed by atoms with Crippen LogP contribution in [0.15, 0.2) is 11.8 Å². The minimum absolute atomic E-state index is 0.785. The summed E-state index contributed by atoms with van der Waals surface area (Å²) in [5, 5.41) is 8.12. The number of nitriles is 1. The molecule has 0 unspecified atom stereocenters. The smallest absolute Gasteiger partial charge is 0.106 e. The van der Waals surface area contributed by atoms with Crippen molar-refractivity contribution in [3.05, 3.63) is 11.8 Å². The van der Waals surface area contributed by atoms with E-state index in [0.29, 0.717) is 0 Å². The number of rotatable bonds is 0. The second-order valence-corrected chi connectivity index (χ2v) is 1.69. The molecule has 0 radical (unpaired) electrons. The van der Waals surface area contributed by atoms with E-state index in [1.165, 1.54) is 6.08 Å². The Labute approximate surface area is 48.4 Å². The number of allylic oxidation sites excluding steroid dienone is 2. The van der Waals surface area contributed by atoms with Crippen LogP contribution in [0.2, 0.25) is 0 Å². The highest BCUT2D eigenvalue weighted by molar-refractivity contribution is 5.09. The van der Waals surface area contributed by atoms with E-state index in [9.17, 15) is 0 Å². The van der Waals surface area contributed by atoms with Crippen LogP contribution >= 0.6 is 0 Å². The Hall–Kier alpha value is -0.970. The largest absolute Gasteiger partial charge is 0.497 e. The first kappa shape index (κ1) is 5.17. The Bertz CT molecular complexity index is 135. The van der Waals surface area contributed by atoms with Crippen molar-refractivity contribution in [2.24, 2.45) is 0 Å². The van der Waals surface area contributed by atoms with Gasteiger partial charge in [-0.05, 0) is 6.42 Å². The van der Waals surface area contributed by atoms with Crippen LogP contribution in [0.5, 0.6) is 0 Å². The molecule has 1 aliphatic rings. The highest BCUT2D eigenvalue weighted by Gasteiger charge is 2.05. The second-order valence-electron chi connectivity index (χ2n) is 1.69. The number of nitrogens with zero attached hydrogens (tertiary/aromatic N) is 1. The van der Waals surface area contributed by atoms with Gasteiger partial charge >= 0.3 is 0 Å². The van der Waals surface area contributed by atoms with Gasteiger partial charge in [0.2, 0.25) is 0 Å². The van der Waals surface area contributed by atoms with Crippen molar-refractivity contribution in [2.45, 2.75) is 12.8 Å². The molecular formula is C6H7NO. The molecule has 1 fully saturated rings. The lowest BCUT2D eigenvalue weighted by Crippen LogP contribution is -1.75. The predicted octanol–water partition coefficient (Wildman–Crippen LogP) is 1.20. The molecule has 1 rings (SSSR count). The minimum Gasteiger partial charge on any atom is -0.497 e. The first-order valence-electron chi connectivity index (χ1n) is 2.65. The fourth-order valence-electron chi connectivity index (χ4n) is 0.708. The average Bonchev–Trinajstić information content (AvgIpc) is 2.19. The molecule has 0 aliphatic carbocycles. The van der Waals surface area contributed by atoms with Crippen molar-refractivity contribution in [1.29, 1.82) is 5.26 Å². The third-order valence-corrected chi connectivity index (χ3v) is 1.08. The maximum atomic E-state index is 8.12. The molecule has 0 spiro atoms. The summed E-state index contributed by atoms with van der Waals surface area (Å²) in [5.41, 5.74) is 0. The van der Waals surface area contributed by atoms with Crippen LogP contribution in [0, 0.1) is 11.3 Å². The summed E-state index contributed by atoms with van der Waals surface area (Å²) in [5.74, 6) is 0.840. The molecule has 0 bridgehead atoms. The molecule has 2 heteroatoms. The molecule has 42 valence electrons. The summed E-state index contributed by atoms with van der Waals surface area (Å²) < 4.78 is 5.03. The lowest BCUT2D eigenvalue weighted by Gasteiger charge is -1.90. The first-order valence-corrected chi connectivity index (χ1v) is 2.65. The molecule has 0 aromatic rings. The standard InChI is InChI=1S/C6H7NO/c7-4-3-6-2-1-5-8-6/h3H,1-2,5H2/b6-3+. The van der Waals surface area contributed by atoms with E-state index in [2.05, 4.69) is 0 Å². The second kappa shape index (κ2) is 2.37. The Morgan fingerprint density at radius 1 is 1.75 bits per heavy atom. The van der Waals surface area contributed by atoms with Crippen LogP contribution in [0.25, 0.3) is 0 Å². The van der Waals surface area contributed by atoms with Crippen molar-refractivity contribution in [3.8, 4) is 6.07 Å². The van der Waals surface area contributed by atoms with Gasteiger partial charge in [0, 0.05) is 6.42 Å². The summed E-state index contributed by atoms with van der Waals surface area (Å²) in [6, 6.07) is 1.92. The summed E-state index contributed by atoms with van der Waals surface area (Å²) in [6.45, 7) is 0.785. The summed E-state index contributed by atoms with van der Waals surface area (Å²) in [4.78, 5) is 0. The Morgan fingerprint density at radius 2 is 2.62 bits per heavy atom. The predicted molar refractivity (Wildman–Crippen MR) is 28.9 cm³/mol. The van der Waals surface area contributed by atoms with Crippen LogP contribution in [-0.4, -0.2) is 6.61 Å². The number of ether oxygens (including phenoxy) is 1. The van der Waals surface area contributed by atoms with Gasteiger partial charge in [-0.2, -0.15) is 5.26 Å². The minimum atomic E-state index is 0.785. The summed E-state index contributed by atoms with van der Waals surface area (Å²) in [7, 11) is 0. The Balaban J connectivity index is 2.48. The van der Waals surface area contributed by atoms with Gasteiger partial charge in [-0.1, -0.05) is 0 Å². The lowest BCUT2D eigenvalue weighted by atomic mass is 10.3. The van der Waals surface area contributed by atoms with Gasteiger partial charge in [-0.3, -0.25) is 0 Å². The summed E-state index contributed by atoms with van der Waals surface area (Å²) in [6.07, 6.45) is 3.47. The zero-order valence-corrected chi connectivity index (χ0v) is 4.55. The van der Waals surface area contributed by atoms with E-state index < -0.39 is 0 Å². The van der Waals surface area contributed by atoms with E-state index in [-0.39, 0.29) is 0 Å². The van der Waals surface area contributed by atoms with Gasteiger partial charge < -0.3 is 4.74 Å². The van der Waals surface area contributed by atoms with Crippen molar-refractivity contribution in [1.82, 2.24) is 0 Å². The monoisotopic (exact) mass is 109 g/mol. The third-order valence-electron chi connectivity index (χ3n) is 1.08. The van der Waals surface area contributed by atoms with Gasteiger partial charge in [-0.25, -0.2) is 0 Å². The normalized spacial score (nSPS) is 22.6. The molecule has 0 aromatic heterocycles. The number of hydrogen-bond acceptors (Lipinski definition) is 2. The molecule has 1 saturated heterocycles. The molecule has 0 aromatic carbocycles. The highest BCUT2D eigenvalue weighted by atomic mass is 16.5. The van der Waals surface area contributed by atoms with Crippen LogP contribution in [0.4, 0.5) is 0 Å². The number of hydrogen-bond donors (Lipinski definition) is 0. The Morgan fingerprint density at radius 3 is 3.12 bits per heavy atom. The first-order chi connectivity index (χ1) is 3.93. The van der Waals surface area contributed by atoms with Crippen LogP contribution in [0.1, 0.15) is 12.8 Å². The zero-order valence-electron chi connectivity index (χ0n) is 4.55. The molecule has 8 heavy (non-hydrogen) atoms. The van der Waals surface area contributed by atoms with Gasteiger partial charge in [0.15, 0.2) is 0 Å². The van der Waals surface area contributed by atoms with Crippen LogP contribution in [-0.2, 0) is 4.74 Å². The molecule has 0 atom stereocenters. The van der Waals surface area contributed by atoms with Gasteiger partial charge in [0.1, 0.15) is 5.76 Å². The molecule has 0 saturated carbocycles.